The zero-order valence-electron chi connectivity index (χ0n) is 20.8. The fourth-order valence-electron chi connectivity index (χ4n) is 4.22. The molecule has 1 aliphatic heterocycles. The molecule has 3 heterocycles. The first kappa shape index (κ1) is 31.6. The molecule has 0 radical (unpaired) electrons. The van der Waals surface area contributed by atoms with Gasteiger partial charge in [0, 0.05) is 63.6 Å². The van der Waals surface area contributed by atoms with E-state index < -0.39 is 0 Å². The number of ether oxygens (including phenoxy) is 1. The van der Waals surface area contributed by atoms with Crippen LogP contribution in [-0.4, -0.2) is 47.5 Å². The molecule has 0 aliphatic carbocycles. The molecule has 1 amide bonds. The molecule has 0 bridgehead atoms. The zero-order chi connectivity index (χ0) is 23.0. The number of fused-ring (bicyclic) bond motifs is 1. The fraction of sp³-hybridized carbons (Fsp3) is 0.370. The Balaban J connectivity index is 0.00000216. The molecule has 2 aromatic heterocycles. The second-order valence-corrected chi connectivity index (χ2v) is 8.63. The van der Waals surface area contributed by atoms with E-state index in [1.54, 1.807) is 4.90 Å². The van der Waals surface area contributed by atoms with Gasteiger partial charge in [0.05, 0.1) is 6.61 Å². The maximum Gasteiger partial charge on any atom is 0.227 e. The first-order valence-electron chi connectivity index (χ1n) is 11.6. The number of nitrogens with zero attached hydrogens (tertiary/aromatic N) is 4. The molecule has 0 spiro atoms. The molecule has 0 N–H and O–H groups in total. The number of carbonyl (C=O) groups excluding carboxylic acids is 1. The van der Waals surface area contributed by atoms with Crippen molar-refractivity contribution < 1.29 is 9.53 Å². The van der Waals surface area contributed by atoms with Gasteiger partial charge in [-0.2, -0.15) is 0 Å². The molecule has 9 heteroatoms. The quantitative estimate of drug-likeness (QED) is 0.312. The van der Waals surface area contributed by atoms with Gasteiger partial charge in [0.2, 0.25) is 5.91 Å². The molecule has 0 saturated heterocycles. The van der Waals surface area contributed by atoms with E-state index in [1.807, 2.05) is 50.0 Å². The highest BCUT2D eigenvalue weighted by atomic mass is 35.5. The van der Waals surface area contributed by atoms with E-state index in [9.17, 15) is 4.79 Å². The Morgan fingerprint density at radius 3 is 2.56 bits per heavy atom. The Morgan fingerprint density at radius 2 is 1.81 bits per heavy atom. The summed E-state index contributed by atoms with van der Waals surface area (Å²) in [6.07, 6.45) is 10.8. The molecule has 36 heavy (non-hydrogen) atoms. The zero-order valence-corrected chi connectivity index (χ0v) is 23.2. The van der Waals surface area contributed by atoms with Gasteiger partial charge in [0.15, 0.2) is 0 Å². The molecular formula is C27H35Cl3N4O2. The van der Waals surface area contributed by atoms with Crippen LogP contribution in [0.3, 0.4) is 0 Å². The predicted octanol–water partition coefficient (Wildman–Crippen LogP) is 5.47. The fourth-order valence-corrected chi connectivity index (χ4v) is 4.22. The maximum atomic E-state index is 11.9. The van der Waals surface area contributed by atoms with Crippen LogP contribution in [0, 0.1) is 6.92 Å². The number of halogens is 3. The Bertz CT molecular complexity index is 1090. The molecule has 0 unspecified atom stereocenters. The van der Waals surface area contributed by atoms with E-state index in [0.29, 0.717) is 13.0 Å². The summed E-state index contributed by atoms with van der Waals surface area (Å²) in [5, 5.41) is 0. The van der Waals surface area contributed by atoms with Gasteiger partial charge in [-0.1, -0.05) is 6.07 Å². The second kappa shape index (κ2) is 15.7. The minimum atomic E-state index is 0. The lowest BCUT2D eigenvalue weighted by molar-refractivity contribution is -0.118. The molecule has 196 valence electrons. The van der Waals surface area contributed by atoms with Crippen LogP contribution in [0.5, 0.6) is 5.75 Å². The highest BCUT2D eigenvalue weighted by Gasteiger charge is 2.21. The van der Waals surface area contributed by atoms with Crippen molar-refractivity contribution in [1.29, 1.82) is 0 Å². The third-order valence-electron chi connectivity index (χ3n) is 6.25. The van der Waals surface area contributed by atoms with Crippen LogP contribution in [0.15, 0.2) is 61.2 Å². The van der Waals surface area contributed by atoms with E-state index in [4.69, 9.17) is 4.74 Å². The van der Waals surface area contributed by atoms with Crippen molar-refractivity contribution in [2.24, 2.45) is 0 Å². The normalized spacial score (nSPS) is 12.2. The summed E-state index contributed by atoms with van der Waals surface area (Å²) in [7, 11) is 1.84. The summed E-state index contributed by atoms with van der Waals surface area (Å²) >= 11 is 0. The summed E-state index contributed by atoms with van der Waals surface area (Å²) < 4.78 is 6.07. The number of hydrogen-bond donors (Lipinski definition) is 0. The molecule has 6 nitrogen and oxygen atoms in total. The van der Waals surface area contributed by atoms with Crippen molar-refractivity contribution in [3.63, 3.8) is 0 Å². The van der Waals surface area contributed by atoms with Crippen LogP contribution in [0.1, 0.15) is 35.1 Å². The van der Waals surface area contributed by atoms with Crippen molar-refractivity contribution in [1.82, 2.24) is 14.9 Å². The van der Waals surface area contributed by atoms with E-state index in [0.717, 1.165) is 50.3 Å². The topological polar surface area (TPSA) is 58.6 Å². The average molecular weight is 554 g/mol. The third-order valence-corrected chi connectivity index (χ3v) is 6.25. The van der Waals surface area contributed by atoms with Gasteiger partial charge in [0.1, 0.15) is 5.75 Å². The molecule has 4 rings (SSSR count). The van der Waals surface area contributed by atoms with Crippen LogP contribution in [0.4, 0.5) is 5.69 Å². The molecule has 1 aromatic carbocycles. The summed E-state index contributed by atoms with van der Waals surface area (Å²) in [6.45, 7) is 5.59. The smallest absolute Gasteiger partial charge is 0.227 e. The lowest BCUT2D eigenvalue weighted by Crippen LogP contribution is -2.31. The number of aromatic nitrogens is 2. The molecule has 3 aromatic rings. The van der Waals surface area contributed by atoms with E-state index >= 15 is 0 Å². The molecule has 0 atom stereocenters. The van der Waals surface area contributed by atoms with E-state index in [2.05, 4.69) is 40.0 Å². The first-order valence-corrected chi connectivity index (χ1v) is 11.6. The number of aryl methyl sites for hydroxylation is 2. The minimum absolute atomic E-state index is 0. The number of benzene rings is 1. The van der Waals surface area contributed by atoms with Crippen molar-refractivity contribution >= 4 is 48.8 Å². The van der Waals surface area contributed by atoms with Crippen LogP contribution < -0.4 is 9.64 Å². The number of carbonyl (C=O) groups is 1. The Labute approximate surface area is 232 Å². The van der Waals surface area contributed by atoms with Gasteiger partial charge in [-0.3, -0.25) is 19.7 Å². The SMILES string of the molecule is Cc1cnccc1CN(CCCOc1ccc2c(c1)CCC(=O)N2C)CCc1cccnc1.Cl.Cl.Cl. The molecular weight excluding hydrogens is 519 g/mol. The van der Waals surface area contributed by atoms with Gasteiger partial charge in [-0.05, 0) is 78.8 Å². The van der Waals surface area contributed by atoms with Crippen LogP contribution in [0.2, 0.25) is 0 Å². The first-order chi connectivity index (χ1) is 16.1. The van der Waals surface area contributed by atoms with Gasteiger partial charge in [-0.15, -0.1) is 37.2 Å². The number of rotatable bonds is 10. The van der Waals surface area contributed by atoms with Gasteiger partial charge in [0.25, 0.3) is 0 Å². The highest BCUT2D eigenvalue weighted by Crippen LogP contribution is 2.30. The van der Waals surface area contributed by atoms with E-state index in [1.165, 1.54) is 22.3 Å². The number of pyridine rings is 2. The third kappa shape index (κ3) is 8.63. The van der Waals surface area contributed by atoms with Gasteiger partial charge in [-0.25, -0.2) is 0 Å². The largest absolute Gasteiger partial charge is 0.494 e. The van der Waals surface area contributed by atoms with Crippen molar-refractivity contribution in [2.45, 2.75) is 39.2 Å². The van der Waals surface area contributed by atoms with Gasteiger partial charge >= 0.3 is 0 Å². The Kier molecular flexibility index (Phi) is 13.8. The number of anilines is 1. The molecule has 1 aliphatic rings. The Morgan fingerprint density at radius 1 is 1.00 bits per heavy atom. The van der Waals surface area contributed by atoms with Crippen LogP contribution in [-0.2, 0) is 24.2 Å². The van der Waals surface area contributed by atoms with Crippen LogP contribution in [0.25, 0.3) is 0 Å². The Hall–Kier alpha value is -2.38. The van der Waals surface area contributed by atoms with E-state index in [-0.39, 0.29) is 43.1 Å². The lowest BCUT2D eigenvalue weighted by atomic mass is 10.0. The van der Waals surface area contributed by atoms with Crippen molar-refractivity contribution in [3.8, 4) is 5.75 Å². The average Bonchev–Trinajstić information content (AvgIpc) is 2.84. The second-order valence-electron chi connectivity index (χ2n) is 8.63. The summed E-state index contributed by atoms with van der Waals surface area (Å²) in [5.41, 5.74) is 5.96. The van der Waals surface area contributed by atoms with Crippen molar-refractivity contribution in [2.75, 3.05) is 31.6 Å². The summed E-state index contributed by atoms with van der Waals surface area (Å²) in [4.78, 5) is 24.6. The van der Waals surface area contributed by atoms with Crippen LogP contribution >= 0.6 is 37.2 Å². The predicted molar refractivity (Wildman–Crippen MR) is 152 cm³/mol. The number of hydrogen-bond acceptors (Lipinski definition) is 5. The van der Waals surface area contributed by atoms with Gasteiger partial charge < -0.3 is 9.64 Å². The minimum Gasteiger partial charge on any atom is -0.494 e. The summed E-state index contributed by atoms with van der Waals surface area (Å²) in [5.74, 6) is 1.05. The standard InChI is InChI=1S/C27H32N4O2.3ClH/c1-21-18-29-13-10-24(21)20-31(15-11-22-5-3-12-28-19-22)14-4-16-33-25-7-8-26-23(17-25)6-9-27(32)30(26)2;;;/h3,5,7-8,10,12-13,17-19H,4,6,9,11,14-16,20H2,1-2H3;3*1H. The monoisotopic (exact) mass is 552 g/mol. The summed E-state index contributed by atoms with van der Waals surface area (Å²) in [6, 6.07) is 12.3. The lowest BCUT2D eigenvalue weighted by Gasteiger charge is -2.26. The maximum absolute atomic E-state index is 11.9. The number of amides is 1. The molecule has 0 fully saturated rings. The van der Waals surface area contributed by atoms with Crippen molar-refractivity contribution in [3.05, 3.63) is 83.4 Å². The highest BCUT2D eigenvalue weighted by molar-refractivity contribution is 5.95. The molecule has 0 saturated carbocycles.